The van der Waals surface area contributed by atoms with Crippen molar-refractivity contribution in [3.05, 3.63) is 0 Å². The average Bonchev–Trinajstić information content (AvgIpc) is 2.54. The molecule has 6 nitrogen and oxygen atoms in total. The minimum absolute atomic E-state index is 0. The van der Waals surface area contributed by atoms with E-state index in [1.165, 1.54) is 32.1 Å². The van der Waals surface area contributed by atoms with Crippen LogP contribution in [-0.2, 0) is 9.53 Å². The summed E-state index contributed by atoms with van der Waals surface area (Å²) in [4.78, 5) is 16.0. The number of halogens is 1. The van der Waals surface area contributed by atoms with Crippen molar-refractivity contribution in [1.82, 2.24) is 16.0 Å². The SMILES string of the molecule is CCNC(=NCC(=O)NCCOC)NC1CCC(CC)CC1.I. The summed E-state index contributed by atoms with van der Waals surface area (Å²) in [6, 6.07) is 0.470. The first-order chi connectivity index (χ1) is 10.7. The molecule has 1 amide bonds. The van der Waals surface area contributed by atoms with Gasteiger partial charge in [-0.1, -0.05) is 13.3 Å². The molecule has 1 aliphatic rings. The second-order valence-corrected chi connectivity index (χ2v) is 5.81. The molecule has 136 valence electrons. The first-order valence-electron chi connectivity index (χ1n) is 8.50. The third-order valence-corrected chi connectivity index (χ3v) is 4.12. The van der Waals surface area contributed by atoms with E-state index in [1.807, 2.05) is 6.92 Å². The molecule has 0 heterocycles. The van der Waals surface area contributed by atoms with E-state index in [1.54, 1.807) is 7.11 Å². The van der Waals surface area contributed by atoms with Gasteiger partial charge in [-0.15, -0.1) is 24.0 Å². The Labute approximate surface area is 157 Å². The number of hydrogen-bond donors (Lipinski definition) is 3. The van der Waals surface area contributed by atoms with Crippen molar-refractivity contribution in [3.8, 4) is 0 Å². The normalized spacial score (nSPS) is 21.3. The summed E-state index contributed by atoms with van der Waals surface area (Å²) in [5, 5.41) is 9.44. The average molecular weight is 440 g/mol. The number of methoxy groups -OCH3 is 1. The topological polar surface area (TPSA) is 74.8 Å². The molecule has 0 bridgehead atoms. The Bertz CT molecular complexity index is 345. The van der Waals surface area contributed by atoms with Crippen LogP contribution in [0.15, 0.2) is 4.99 Å². The van der Waals surface area contributed by atoms with Gasteiger partial charge < -0.3 is 20.7 Å². The number of rotatable bonds is 8. The quantitative estimate of drug-likeness (QED) is 0.233. The Hall–Kier alpha value is -0.570. The number of aliphatic imine (C=N–C) groups is 1. The van der Waals surface area contributed by atoms with Crippen molar-refractivity contribution in [2.75, 3.05) is 33.4 Å². The minimum Gasteiger partial charge on any atom is -0.383 e. The highest BCUT2D eigenvalue weighted by Crippen LogP contribution is 2.26. The van der Waals surface area contributed by atoms with Gasteiger partial charge >= 0.3 is 0 Å². The number of ether oxygens (including phenoxy) is 1. The molecule has 0 radical (unpaired) electrons. The van der Waals surface area contributed by atoms with Crippen molar-refractivity contribution in [3.63, 3.8) is 0 Å². The van der Waals surface area contributed by atoms with Crippen LogP contribution in [0.5, 0.6) is 0 Å². The third kappa shape index (κ3) is 10.0. The molecule has 0 aliphatic heterocycles. The van der Waals surface area contributed by atoms with Crippen molar-refractivity contribution in [2.45, 2.75) is 52.0 Å². The molecular weight excluding hydrogens is 407 g/mol. The zero-order valence-corrected chi connectivity index (χ0v) is 17.0. The fraction of sp³-hybridized carbons (Fsp3) is 0.875. The first kappa shape index (κ1) is 22.4. The Balaban J connectivity index is 0.00000484. The van der Waals surface area contributed by atoms with Gasteiger partial charge in [0.2, 0.25) is 5.91 Å². The molecule has 1 saturated carbocycles. The van der Waals surface area contributed by atoms with Gasteiger partial charge in [-0.25, -0.2) is 4.99 Å². The number of carbonyl (C=O) groups is 1. The maximum absolute atomic E-state index is 11.7. The van der Waals surface area contributed by atoms with Crippen LogP contribution < -0.4 is 16.0 Å². The third-order valence-electron chi connectivity index (χ3n) is 4.12. The second kappa shape index (κ2) is 13.8. The molecule has 0 aromatic carbocycles. The fourth-order valence-corrected chi connectivity index (χ4v) is 2.73. The lowest BCUT2D eigenvalue weighted by Crippen LogP contribution is -2.45. The van der Waals surface area contributed by atoms with E-state index in [4.69, 9.17) is 4.74 Å². The van der Waals surface area contributed by atoms with Gasteiger partial charge in [0.05, 0.1) is 6.61 Å². The predicted octanol–water partition coefficient (Wildman–Crippen LogP) is 1.89. The van der Waals surface area contributed by atoms with E-state index < -0.39 is 0 Å². The molecule has 1 rings (SSSR count). The van der Waals surface area contributed by atoms with Crippen LogP contribution in [0.1, 0.15) is 46.0 Å². The van der Waals surface area contributed by atoms with E-state index >= 15 is 0 Å². The van der Waals surface area contributed by atoms with E-state index in [0.717, 1.165) is 18.4 Å². The van der Waals surface area contributed by atoms with Gasteiger partial charge in [-0.3, -0.25) is 4.79 Å². The Kier molecular flexibility index (Phi) is 13.5. The largest absolute Gasteiger partial charge is 0.383 e. The van der Waals surface area contributed by atoms with Crippen molar-refractivity contribution in [2.24, 2.45) is 10.9 Å². The van der Waals surface area contributed by atoms with Crippen LogP contribution in [0.25, 0.3) is 0 Å². The molecule has 0 aromatic heterocycles. The predicted molar refractivity (Wildman–Crippen MR) is 105 cm³/mol. The van der Waals surface area contributed by atoms with Gasteiger partial charge in [0, 0.05) is 26.2 Å². The zero-order chi connectivity index (χ0) is 16.2. The Morgan fingerprint density at radius 2 is 1.87 bits per heavy atom. The molecule has 3 N–H and O–H groups in total. The van der Waals surface area contributed by atoms with E-state index in [0.29, 0.717) is 19.2 Å². The highest BCUT2D eigenvalue weighted by Gasteiger charge is 2.20. The summed E-state index contributed by atoms with van der Waals surface area (Å²) in [7, 11) is 1.62. The summed E-state index contributed by atoms with van der Waals surface area (Å²) in [6.07, 6.45) is 6.21. The van der Waals surface area contributed by atoms with Crippen molar-refractivity contribution in [1.29, 1.82) is 0 Å². The number of hydrogen-bond acceptors (Lipinski definition) is 3. The minimum atomic E-state index is -0.0797. The first-order valence-corrected chi connectivity index (χ1v) is 8.50. The van der Waals surface area contributed by atoms with Crippen LogP contribution in [0.3, 0.4) is 0 Å². The molecule has 7 heteroatoms. The van der Waals surface area contributed by atoms with E-state index in [2.05, 4.69) is 27.9 Å². The van der Waals surface area contributed by atoms with Crippen LogP contribution >= 0.6 is 24.0 Å². The lowest BCUT2D eigenvalue weighted by Gasteiger charge is -2.29. The summed E-state index contributed by atoms with van der Waals surface area (Å²) in [5.41, 5.74) is 0. The smallest absolute Gasteiger partial charge is 0.241 e. The maximum atomic E-state index is 11.7. The lowest BCUT2D eigenvalue weighted by molar-refractivity contribution is -0.119. The van der Waals surface area contributed by atoms with Crippen molar-refractivity contribution >= 4 is 35.8 Å². The number of amides is 1. The van der Waals surface area contributed by atoms with Gasteiger partial charge in [0.25, 0.3) is 0 Å². The highest BCUT2D eigenvalue weighted by atomic mass is 127. The fourth-order valence-electron chi connectivity index (χ4n) is 2.73. The van der Waals surface area contributed by atoms with Gasteiger partial charge in [0.1, 0.15) is 6.54 Å². The van der Waals surface area contributed by atoms with Gasteiger partial charge in [-0.2, -0.15) is 0 Å². The molecule has 1 aliphatic carbocycles. The molecule has 0 unspecified atom stereocenters. The van der Waals surface area contributed by atoms with E-state index in [-0.39, 0.29) is 36.4 Å². The van der Waals surface area contributed by atoms with Crippen LogP contribution in [0.4, 0.5) is 0 Å². The number of carbonyl (C=O) groups excluding carboxylic acids is 1. The monoisotopic (exact) mass is 440 g/mol. The molecular formula is C16H33IN4O2. The second-order valence-electron chi connectivity index (χ2n) is 5.81. The molecule has 0 spiro atoms. The standard InChI is InChI=1S/C16H32N4O2.HI/c1-4-13-6-8-14(9-7-13)20-16(17-5-2)19-12-15(21)18-10-11-22-3;/h13-14H,4-12H2,1-3H3,(H,18,21)(H2,17,19,20);1H. The summed E-state index contributed by atoms with van der Waals surface area (Å²) >= 11 is 0. The molecule has 23 heavy (non-hydrogen) atoms. The summed E-state index contributed by atoms with van der Waals surface area (Å²) in [5.74, 6) is 1.54. The molecule has 0 atom stereocenters. The van der Waals surface area contributed by atoms with Gasteiger partial charge in [0.15, 0.2) is 5.96 Å². The number of nitrogens with one attached hydrogen (secondary N) is 3. The number of guanidine groups is 1. The molecule has 1 fully saturated rings. The number of nitrogens with zero attached hydrogens (tertiary/aromatic N) is 1. The van der Waals surface area contributed by atoms with Crippen LogP contribution in [-0.4, -0.2) is 51.3 Å². The van der Waals surface area contributed by atoms with Crippen LogP contribution in [0.2, 0.25) is 0 Å². The van der Waals surface area contributed by atoms with Crippen molar-refractivity contribution < 1.29 is 9.53 Å². The van der Waals surface area contributed by atoms with E-state index in [9.17, 15) is 4.79 Å². The lowest BCUT2D eigenvalue weighted by atomic mass is 9.84. The molecule has 0 saturated heterocycles. The van der Waals surface area contributed by atoms with Gasteiger partial charge in [-0.05, 0) is 38.5 Å². The Morgan fingerprint density at radius 1 is 1.17 bits per heavy atom. The summed E-state index contributed by atoms with van der Waals surface area (Å²) in [6.45, 7) is 6.28. The summed E-state index contributed by atoms with van der Waals surface area (Å²) < 4.78 is 4.90. The Morgan fingerprint density at radius 3 is 2.43 bits per heavy atom. The molecule has 0 aromatic rings. The van der Waals surface area contributed by atoms with Crippen LogP contribution in [0, 0.1) is 5.92 Å². The highest BCUT2D eigenvalue weighted by molar-refractivity contribution is 14.0. The zero-order valence-electron chi connectivity index (χ0n) is 14.7. The maximum Gasteiger partial charge on any atom is 0.241 e.